The van der Waals surface area contributed by atoms with Crippen molar-refractivity contribution in [2.75, 3.05) is 19.6 Å². The van der Waals surface area contributed by atoms with Crippen molar-refractivity contribution in [1.29, 1.82) is 0 Å². The van der Waals surface area contributed by atoms with Crippen LogP contribution in [0.3, 0.4) is 0 Å². The third-order valence-electron chi connectivity index (χ3n) is 7.48. The number of pyridine rings is 2. The molecule has 0 spiro atoms. The Morgan fingerprint density at radius 2 is 1.84 bits per heavy atom. The van der Waals surface area contributed by atoms with Crippen LogP contribution < -0.4 is 5.32 Å². The molecule has 3 heterocycles. The van der Waals surface area contributed by atoms with E-state index in [0.29, 0.717) is 11.6 Å². The molecule has 1 saturated carbocycles. The van der Waals surface area contributed by atoms with Crippen LogP contribution in [0.1, 0.15) is 78.0 Å². The maximum absolute atomic E-state index is 13.2. The second-order valence-corrected chi connectivity index (χ2v) is 10.1. The van der Waals surface area contributed by atoms with Gasteiger partial charge in [-0.15, -0.1) is 0 Å². The van der Waals surface area contributed by atoms with Crippen LogP contribution in [0.4, 0.5) is 22.0 Å². The molecule has 1 N–H and O–H groups in total. The summed E-state index contributed by atoms with van der Waals surface area (Å²) in [5.41, 5.74) is 1.99. The Morgan fingerprint density at radius 3 is 2.57 bits per heavy atom. The standard InChI is InChI=1S/C27H33F5N4O/c28-25(29)24-22(2-1-14-33-24)26(37)35-20-6-3-18(4-7-20)10-15-36-16-11-19-5-8-21(9-13-27(30,31)32)34-23(19)12-17-36/h1-2,5,8,14,18,20,25H,3-4,6-7,9-13,15-17H2,(H,35,37). The molecule has 1 amide bonds. The van der Waals surface area contributed by atoms with Gasteiger partial charge in [-0.05, 0) is 81.2 Å². The fourth-order valence-electron chi connectivity index (χ4n) is 5.31. The summed E-state index contributed by atoms with van der Waals surface area (Å²) in [6.45, 7) is 2.69. The number of carbonyl (C=O) groups is 1. The van der Waals surface area contributed by atoms with Gasteiger partial charge in [0.05, 0.1) is 5.56 Å². The van der Waals surface area contributed by atoms with Crippen molar-refractivity contribution in [3.8, 4) is 0 Å². The van der Waals surface area contributed by atoms with Gasteiger partial charge in [-0.2, -0.15) is 13.2 Å². The van der Waals surface area contributed by atoms with E-state index in [1.807, 2.05) is 6.07 Å². The Bertz CT molecular complexity index is 1050. The largest absolute Gasteiger partial charge is 0.389 e. The van der Waals surface area contributed by atoms with Gasteiger partial charge in [0.15, 0.2) is 0 Å². The first-order valence-corrected chi connectivity index (χ1v) is 13.0. The number of amides is 1. The molecule has 0 aromatic carbocycles. The highest BCUT2D eigenvalue weighted by atomic mass is 19.4. The molecule has 10 heteroatoms. The predicted molar refractivity (Wildman–Crippen MR) is 129 cm³/mol. The van der Waals surface area contributed by atoms with Crippen molar-refractivity contribution >= 4 is 5.91 Å². The summed E-state index contributed by atoms with van der Waals surface area (Å²) < 4.78 is 63.9. The molecule has 0 unspecified atom stereocenters. The average Bonchev–Trinajstić information content (AvgIpc) is 3.08. The van der Waals surface area contributed by atoms with Gasteiger partial charge >= 0.3 is 6.18 Å². The van der Waals surface area contributed by atoms with Crippen molar-refractivity contribution < 1.29 is 26.7 Å². The summed E-state index contributed by atoms with van der Waals surface area (Å²) in [7, 11) is 0. The highest BCUT2D eigenvalue weighted by molar-refractivity contribution is 5.95. The van der Waals surface area contributed by atoms with Gasteiger partial charge in [-0.1, -0.05) is 6.07 Å². The first kappa shape index (κ1) is 27.4. The Labute approximate surface area is 213 Å². The van der Waals surface area contributed by atoms with Crippen molar-refractivity contribution in [3.63, 3.8) is 0 Å². The normalized spacial score (nSPS) is 20.9. The molecule has 1 fully saturated rings. The maximum Gasteiger partial charge on any atom is 0.389 e. The summed E-state index contributed by atoms with van der Waals surface area (Å²) in [6, 6.07) is 6.50. The van der Waals surface area contributed by atoms with Gasteiger partial charge in [-0.3, -0.25) is 14.8 Å². The fraction of sp³-hybridized carbons (Fsp3) is 0.593. The minimum absolute atomic E-state index is 0.0280. The number of fused-ring (bicyclic) bond motifs is 1. The van der Waals surface area contributed by atoms with E-state index in [1.165, 1.54) is 18.3 Å². The lowest BCUT2D eigenvalue weighted by atomic mass is 9.84. The Hall–Kier alpha value is -2.62. The lowest BCUT2D eigenvalue weighted by molar-refractivity contribution is -0.134. The van der Waals surface area contributed by atoms with Crippen molar-refractivity contribution in [1.82, 2.24) is 20.2 Å². The van der Waals surface area contributed by atoms with Gasteiger partial charge in [0.2, 0.25) is 0 Å². The van der Waals surface area contributed by atoms with E-state index in [9.17, 15) is 26.7 Å². The first-order valence-electron chi connectivity index (χ1n) is 13.0. The van der Waals surface area contributed by atoms with Crippen molar-refractivity contribution in [3.05, 3.63) is 58.7 Å². The van der Waals surface area contributed by atoms with Crippen LogP contribution in [0, 0.1) is 5.92 Å². The number of hydrogen-bond acceptors (Lipinski definition) is 4. The molecule has 4 rings (SSSR count). The number of nitrogens with zero attached hydrogens (tertiary/aromatic N) is 3. The molecule has 0 atom stereocenters. The molecule has 37 heavy (non-hydrogen) atoms. The number of aromatic nitrogens is 2. The zero-order valence-corrected chi connectivity index (χ0v) is 20.7. The fourth-order valence-corrected chi connectivity index (χ4v) is 5.31. The average molecular weight is 525 g/mol. The predicted octanol–water partition coefficient (Wildman–Crippen LogP) is 5.69. The summed E-state index contributed by atoms with van der Waals surface area (Å²) in [6.07, 6.45) is -0.444. The number of rotatable bonds is 8. The van der Waals surface area contributed by atoms with Gasteiger partial charge in [-0.25, -0.2) is 8.78 Å². The van der Waals surface area contributed by atoms with Gasteiger partial charge in [0.1, 0.15) is 5.69 Å². The quantitative estimate of drug-likeness (QED) is 0.451. The Morgan fingerprint density at radius 1 is 1.08 bits per heavy atom. The van der Waals surface area contributed by atoms with Crippen molar-refractivity contribution in [2.24, 2.45) is 5.92 Å². The third-order valence-corrected chi connectivity index (χ3v) is 7.48. The molecule has 202 valence electrons. The minimum atomic E-state index is -4.17. The van der Waals surface area contributed by atoms with Crippen LogP contribution in [-0.4, -0.2) is 52.6 Å². The monoisotopic (exact) mass is 524 g/mol. The number of hydrogen-bond donors (Lipinski definition) is 1. The van der Waals surface area contributed by atoms with Gasteiger partial charge < -0.3 is 10.2 Å². The van der Waals surface area contributed by atoms with Crippen LogP contribution in [-0.2, 0) is 19.3 Å². The smallest absolute Gasteiger partial charge is 0.349 e. The van der Waals surface area contributed by atoms with Crippen LogP contribution >= 0.6 is 0 Å². The Kier molecular flexibility index (Phi) is 9.10. The zero-order valence-electron chi connectivity index (χ0n) is 20.7. The minimum Gasteiger partial charge on any atom is -0.349 e. The molecule has 0 bridgehead atoms. The summed E-state index contributed by atoms with van der Waals surface area (Å²) in [4.78, 5) is 23.1. The molecular weight excluding hydrogens is 491 g/mol. The molecule has 0 radical (unpaired) electrons. The summed E-state index contributed by atoms with van der Waals surface area (Å²) in [5.74, 6) is 0.0482. The SMILES string of the molecule is O=C(NC1CCC(CCN2CCc3ccc(CCC(F)(F)F)nc3CC2)CC1)c1cccnc1C(F)F. The first-order chi connectivity index (χ1) is 17.7. The van der Waals surface area contributed by atoms with Crippen LogP contribution in [0.15, 0.2) is 30.5 Å². The summed E-state index contributed by atoms with van der Waals surface area (Å²) >= 11 is 0. The van der Waals surface area contributed by atoms with Crippen LogP contribution in [0.25, 0.3) is 0 Å². The molecule has 0 saturated heterocycles. The highest BCUT2D eigenvalue weighted by Gasteiger charge is 2.28. The summed E-state index contributed by atoms with van der Waals surface area (Å²) in [5, 5.41) is 2.90. The maximum atomic E-state index is 13.2. The van der Waals surface area contributed by atoms with E-state index in [2.05, 4.69) is 20.2 Å². The highest BCUT2D eigenvalue weighted by Crippen LogP contribution is 2.29. The second-order valence-electron chi connectivity index (χ2n) is 10.1. The van der Waals surface area contributed by atoms with Crippen LogP contribution in [0.5, 0.6) is 0 Å². The lowest BCUT2D eigenvalue weighted by Crippen LogP contribution is -2.38. The second kappa shape index (κ2) is 12.3. The molecular formula is C27H33F5N4O. The van der Waals surface area contributed by atoms with E-state index < -0.39 is 30.6 Å². The number of aryl methyl sites for hydroxylation is 1. The molecule has 2 aliphatic rings. The van der Waals surface area contributed by atoms with Crippen molar-refractivity contribution in [2.45, 2.75) is 76.4 Å². The lowest BCUT2D eigenvalue weighted by Gasteiger charge is -2.31. The van der Waals surface area contributed by atoms with Crippen LogP contribution in [0.2, 0.25) is 0 Å². The van der Waals surface area contributed by atoms with E-state index in [1.54, 1.807) is 6.07 Å². The van der Waals surface area contributed by atoms with E-state index in [0.717, 1.165) is 75.8 Å². The zero-order chi connectivity index (χ0) is 26.4. The van der Waals surface area contributed by atoms with Gasteiger partial charge in [0, 0.05) is 49.6 Å². The number of nitrogens with one attached hydrogen (secondary N) is 1. The Balaban J connectivity index is 1.20. The topological polar surface area (TPSA) is 58.1 Å². The van der Waals surface area contributed by atoms with E-state index in [-0.39, 0.29) is 18.0 Å². The number of alkyl halides is 5. The number of halogens is 5. The molecule has 1 aliphatic heterocycles. The molecule has 1 aliphatic carbocycles. The third kappa shape index (κ3) is 7.93. The molecule has 2 aromatic heterocycles. The van der Waals surface area contributed by atoms with E-state index in [4.69, 9.17) is 0 Å². The molecule has 2 aromatic rings. The number of carbonyl (C=O) groups excluding carboxylic acids is 1. The molecule has 5 nitrogen and oxygen atoms in total. The van der Waals surface area contributed by atoms with E-state index >= 15 is 0 Å². The van der Waals surface area contributed by atoms with Gasteiger partial charge in [0.25, 0.3) is 12.3 Å².